The highest BCUT2D eigenvalue weighted by Gasteiger charge is 2.41. The third-order valence-electron chi connectivity index (χ3n) is 9.24. The van der Waals surface area contributed by atoms with Gasteiger partial charge in [0, 0.05) is 4.70 Å². The molecule has 0 saturated heterocycles. The SMILES string of the molecule is O=C(O)[C@@H](C1CCCCC1)N(Cc1ccco1)S(=O)(=O)Cc1ccc2sccc2c1.O=C(O)[C@H](NCc1ccco1)C1CCCCC1. The van der Waals surface area contributed by atoms with Crippen molar-refractivity contribution in [3.63, 3.8) is 0 Å². The third kappa shape index (κ3) is 9.56. The van der Waals surface area contributed by atoms with E-state index in [2.05, 4.69) is 5.32 Å². The molecular weight excluding hydrogens is 641 g/mol. The van der Waals surface area contributed by atoms with E-state index in [0.29, 0.717) is 17.9 Å². The van der Waals surface area contributed by atoms with Crippen LogP contribution >= 0.6 is 11.3 Å². The summed E-state index contributed by atoms with van der Waals surface area (Å²) in [4.78, 5) is 23.5. The first kappa shape index (κ1) is 34.9. The van der Waals surface area contributed by atoms with Crippen molar-refractivity contribution < 1.29 is 37.1 Å². The van der Waals surface area contributed by atoms with Gasteiger partial charge in [0.05, 0.1) is 31.4 Å². The van der Waals surface area contributed by atoms with E-state index in [9.17, 15) is 28.2 Å². The van der Waals surface area contributed by atoms with Gasteiger partial charge in [-0.15, -0.1) is 11.3 Å². The Morgan fingerprint density at radius 2 is 1.49 bits per heavy atom. The molecule has 3 N–H and O–H groups in total. The summed E-state index contributed by atoms with van der Waals surface area (Å²) in [6.45, 7) is 0.407. The molecule has 2 atom stereocenters. The maximum absolute atomic E-state index is 13.5. The van der Waals surface area contributed by atoms with Gasteiger partial charge in [0.25, 0.3) is 0 Å². The van der Waals surface area contributed by atoms with Gasteiger partial charge >= 0.3 is 11.9 Å². The number of hydrogen-bond donors (Lipinski definition) is 3. The number of rotatable bonds is 13. The molecule has 254 valence electrons. The van der Waals surface area contributed by atoms with Crippen molar-refractivity contribution in [3.05, 3.63) is 83.5 Å². The van der Waals surface area contributed by atoms with Crippen LogP contribution in [0.2, 0.25) is 0 Å². The van der Waals surface area contributed by atoms with E-state index in [1.807, 2.05) is 35.7 Å². The first-order valence-electron chi connectivity index (χ1n) is 16.4. The molecule has 2 aliphatic carbocycles. The molecule has 0 unspecified atom stereocenters. The summed E-state index contributed by atoms with van der Waals surface area (Å²) in [5.74, 6) is -0.790. The molecule has 2 saturated carbocycles. The van der Waals surface area contributed by atoms with Crippen molar-refractivity contribution in [1.29, 1.82) is 0 Å². The summed E-state index contributed by atoms with van der Waals surface area (Å²) in [5, 5.41) is 25.4. The zero-order valence-corrected chi connectivity index (χ0v) is 28.1. The van der Waals surface area contributed by atoms with Crippen LogP contribution in [-0.2, 0) is 38.5 Å². The smallest absolute Gasteiger partial charge is 0.322 e. The minimum Gasteiger partial charge on any atom is -0.480 e. The van der Waals surface area contributed by atoms with Crippen molar-refractivity contribution >= 4 is 43.4 Å². The monoisotopic (exact) mass is 684 g/mol. The number of hydrogen-bond acceptors (Lipinski definition) is 8. The number of nitrogens with zero attached hydrogens (tertiary/aromatic N) is 1. The predicted octanol–water partition coefficient (Wildman–Crippen LogP) is 7.26. The minimum atomic E-state index is -3.90. The number of furan rings is 2. The second-order valence-corrected chi connectivity index (χ2v) is 15.4. The molecule has 0 amide bonds. The van der Waals surface area contributed by atoms with Gasteiger partial charge in [-0.25, -0.2) is 8.42 Å². The maximum atomic E-state index is 13.5. The quantitative estimate of drug-likeness (QED) is 0.132. The van der Waals surface area contributed by atoms with Gasteiger partial charge in [-0.05, 0) is 96.3 Å². The van der Waals surface area contributed by atoms with E-state index in [0.717, 1.165) is 77.9 Å². The number of thiophene rings is 1. The van der Waals surface area contributed by atoms with Crippen LogP contribution in [0.15, 0.2) is 75.3 Å². The lowest BCUT2D eigenvalue weighted by Crippen LogP contribution is -2.49. The van der Waals surface area contributed by atoms with Crippen LogP contribution in [-0.4, -0.2) is 47.0 Å². The summed E-state index contributed by atoms with van der Waals surface area (Å²) < 4.78 is 39.8. The number of carboxylic acid groups (broad SMARTS) is 2. The minimum absolute atomic E-state index is 0.0799. The Bertz CT molecular complexity index is 1650. The number of carbonyl (C=O) groups is 2. The van der Waals surface area contributed by atoms with Gasteiger partial charge in [0.1, 0.15) is 23.6 Å². The number of nitrogens with one attached hydrogen (secondary N) is 1. The Morgan fingerprint density at radius 3 is 2.09 bits per heavy atom. The fraction of sp³-hybridized carbons (Fsp3) is 0.486. The van der Waals surface area contributed by atoms with Gasteiger partial charge in [0.15, 0.2) is 0 Å². The average Bonchev–Trinajstić information content (AvgIpc) is 3.86. The molecule has 3 aromatic heterocycles. The van der Waals surface area contributed by atoms with Crippen LogP contribution < -0.4 is 5.32 Å². The van der Waals surface area contributed by atoms with Crippen LogP contribution in [0.1, 0.15) is 81.3 Å². The van der Waals surface area contributed by atoms with Crippen molar-refractivity contribution in [3.8, 4) is 0 Å². The molecule has 3 heterocycles. The van der Waals surface area contributed by atoms with Crippen molar-refractivity contribution in [2.75, 3.05) is 0 Å². The van der Waals surface area contributed by atoms with E-state index in [1.54, 1.807) is 35.8 Å². The van der Waals surface area contributed by atoms with Gasteiger partial charge in [0.2, 0.25) is 10.0 Å². The van der Waals surface area contributed by atoms with Crippen LogP contribution in [0, 0.1) is 11.8 Å². The first-order chi connectivity index (χ1) is 22.7. The lowest BCUT2D eigenvalue weighted by atomic mass is 9.84. The number of benzene rings is 1. The average molecular weight is 685 g/mol. The predicted molar refractivity (Wildman–Crippen MR) is 180 cm³/mol. The molecule has 4 aromatic rings. The summed E-state index contributed by atoms with van der Waals surface area (Å²) in [6, 6.07) is 13.0. The Balaban J connectivity index is 0.000000216. The third-order valence-corrected chi connectivity index (χ3v) is 11.9. The number of sulfonamides is 1. The van der Waals surface area contributed by atoms with Crippen molar-refractivity contribution in [2.45, 2.75) is 95.1 Å². The van der Waals surface area contributed by atoms with Gasteiger partial charge in [-0.3, -0.25) is 14.9 Å². The highest BCUT2D eigenvalue weighted by atomic mass is 32.2. The molecule has 47 heavy (non-hydrogen) atoms. The molecule has 10 nitrogen and oxygen atoms in total. The highest BCUT2D eigenvalue weighted by Crippen LogP contribution is 2.33. The summed E-state index contributed by atoms with van der Waals surface area (Å²) in [6.07, 6.45) is 13.0. The molecule has 0 bridgehead atoms. The summed E-state index contributed by atoms with van der Waals surface area (Å²) in [7, 11) is -3.90. The van der Waals surface area contributed by atoms with Crippen LogP contribution in [0.3, 0.4) is 0 Å². The van der Waals surface area contributed by atoms with E-state index in [4.69, 9.17) is 8.83 Å². The maximum Gasteiger partial charge on any atom is 0.322 e. The Kier molecular flexibility index (Phi) is 12.3. The number of fused-ring (bicyclic) bond motifs is 1. The zero-order chi connectivity index (χ0) is 33.2. The molecule has 2 fully saturated rings. The van der Waals surface area contributed by atoms with E-state index in [-0.39, 0.29) is 24.1 Å². The number of aliphatic carboxylic acids is 2. The van der Waals surface area contributed by atoms with E-state index in [1.165, 1.54) is 12.7 Å². The second-order valence-electron chi connectivity index (χ2n) is 12.5. The van der Waals surface area contributed by atoms with Crippen molar-refractivity contribution in [1.82, 2.24) is 9.62 Å². The van der Waals surface area contributed by atoms with Gasteiger partial charge < -0.3 is 19.0 Å². The largest absolute Gasteiger partial charge is 0.480 e. The van der Waals surface area contributed by atoms with Gasteiger partial charge in [-0.1, -0.05) is 44.6 Å². The zero-order valence-electron chi connectivity index (χ0n) is 26.5. The standard InChI is InChI=1S/C22H25NO5S2.C13H19NO3/c24-22(25)21(17-5-2-1-3-6-17)23(14-19-7-4-11-28-19)30(26,27)15-16-8-9-20-18(13-16)10-12-29-20;15-13(16)12(10-5-2-1-3-6-10)14-9-11-7-4-8-17-11/h4,7-13,17,21H,1-3,5-6,14-15H2,(H,24,25);4,7-8,10,12,14H,1-3,5-6,9H2,(H,15,16)/t21-;12-/m11/s1. The van der Waals surface area contributed by atoms with E-state index >= 15 is 0 Å². The molecule has 2 aliphatic rings. The number of carboxylic acids is 2. The lowest BCUT2D eigenvalue weighted by Gasteiger charge is -2.35. The fourth-order valence-electron chi connectivity index (χ4n) is 6.88. The lowest BCUT2D eigenvalue weighted by molar-refractivity contribution is -0.144. The van der Waals surface area contributed by atoms with Crippen LogP contribution in [0.4, 0.5) is 0 Å². The van der Waals surface area contributed by atoms with Gasteiger partial charge in [-0.2, -0.15) is 4.31 Å². The topological polar surface area (TPSA) is 150 Å². The molecule has 0 aliphatic heterocycles. The molecule has 0 spiro atoms. The summed E-state index contributed by atoms with van der Waals surface area (Å²) in [5.41, 5.74) is 0.651. The molecular formula is C35H44N2O8S2. The molecule has 12 heteroatoms. The van der Waals surface area contributed by atoms with Crippen LogP contribution in [0.5, 0.6) is 0 Å². The molecule has 1 aromatic carbocycles. The molecule has 0 radical (unpaired) electrons. The fourth-order valence-corrected chi connectivity index (χ4v) is 9.35. The Morgan fingerprint density at radius 1 is 0.851 bits per heavy atom. The Hall–Kier alpha value is -3.45. The van der Waals surface area contributed by atoms with E-state index < -0.39 is 34.0 Å². The second kappa shape index (κ2) is 16.6. The highest BCUT2D eigenvalue weighted by molar-refractivity contribution is 7.88. The Labute approximate surface area is 279 Å². The first-order valence-corrected chi connectivity index (χ1v) is 18.9. The summed E-state index contributed by atoms with van der Waals surface area (Å²) >= 11 is 1.60. The molecule has 6 rings (SSSR count). The van der Waals surface area contributed by atoms with Crippen molar-refractivity contribution in [2.24, 2.45) is 11.8 Å². The normalized spacial score (nSPS) is 17.6. The van der Waals surface area contributed by atoms with Crippen LogP contribution in [0.25, 0.3) is 10.1 Å².